The van der Waals surface area contributed by atoms with Gasteiger partial charge in [-0.2, -0.15) is 0 Å². The summed E-state index contributed by atoms with van der Waals surface area (Å²) in [5.41, 5.74) is 3.89. The molecule has 0 fully saturated rings. The van der Waals surface area contributed by atoms with Crippen molar-refractivity contribution in [2.24, 2.45) is 0 Å². The number of sulfone groups is 1. The molecule has 0 saturated carbocycles. The standard InChI is InChI=1S/C19H15BrF2O2S/c1-11-6-7-12(8-16(11)20)14-4-3-5-15(14)13-9-17(21)19(18(22)10-13)25(2,23)24/h4-10H,3H2,1-2H3. The lowest BCUT2D eigenvalue weighted by Gasteiger charge is -2.13. The molecule has 1 aliphatic carbocycles. The molecule has 2 nitrogen and oxygen atoms in total. The van der Waals surface area contributed by atoms with Gasteiger partial charge in [-0.25, -0.2) is 17.2 Å². The van der Waals surface area contributed by atoms with Crippen LogP contribution in [0.1, 0.15) is 23.1 Å². The summed E-state index contributed by atoms with van der Waals surface area (Å²) in [6.45, 7) is 1.97. The number of aryl methyl sites for hydroxylation is 1. The molecule has 0 atom stereocenters. The van der Waals surface area contributed by atoms with Crippen LogP contribution < -0.4 is 0 Å². The summed E-state index contributed by atoms with van der Waals surface area (Å²) < 4.78 is 52.5. The molecule has 0 heterocycles. The van der Waals surface area contributed by atoms with Crippen molar-refractivity contribution in [3.8, 4) is 0 Å². The summed E-state index contributed by atoms with van der Waals surface area (Å²) in [5, 5.41) is 0. The van der Waals surface area contributed by atoms with Crippen LogP contribution in [0.2, 0.25) is 0 Å². The van der Waals surface area contributed by atoms with Crippen molar-refractivity contribution in [2.45, 2.75) is 18.2 Å². The Kier molecular flexibility index (Phi) is 4.68. The maximum atomic E-state index is 14.2. The monoisotopic (exact) mass is 424 g/mol. The highest BCUT2D eigenvalue weighted by atomic mass is 79.9. The lowest BCUT2D eigenvalue weighted by Crippen LogP contribution is -2.05. The van der Waals surface area contributed by atoms with E-state index >= 15 is 0 Å². The minimum absolute atomic E-state index is 0.322. The number of benzene rings is 2. The second kappa shape index (κ2) is 6.50. The Labute approximate surface area is 153 Å². The van der Waals surface area contributed by atoms with Crippen molar-refractivity contribution in [3.05, 3.63) is 75.3 Å². The summed E-state index contributed by atoms with van der Waals surface area (Å²) >= 11 is 3.49. The third-order valence-electron chi connectivity index (χ3n) is 4.10. The Morgan fingerprint density at radius 1 is 0.960 bits per heavy atom. The van der Waals surface area contributed by atoms with E-state index in [0.29, 0.717) is 17.6 Å². The van der Waals surface area contributed by atoms with E-state index < -0.39 is 26.4 Å². The van der Waals surface area contributed by atoms with E-state index in [1.54, 1.807) is 0 Å². The highest BCUT2D eigenvalue weighted by Crippen LogP contribution is 2.38. The highest BCUT2D eigenvalue weighted by molar-refractivity contribution is 9.10. The van der Waals surface area contributed by atoms with Gasteiger partial charge in [-0.05, 0) is 59.4 Å². The van der Waals surface area contributed by atoms with E-state index in [1.165, 1.54) is 0 Å². The summed E-state index contributed by atoms with van der Waals surface area (Å²) in [5.74, 6) is -2.15. The molecule has 2 aromatic carbocycles. The molecule has 0 bridgehead atoms. The molecule has 0 aromatic heterocycles. The molecule has 3 rings (SSSR count). The van der Waals surface area contributed by atoms with Crippen LogP contribution >= 0.6 is 15.9 Å². The van der Waals surface area contributed by atoms with Crippen LogP contribution in [-0.4, -0.2) is 14.7 Å². The van der Waals surface area contributed by atoms with Crippen molar-refractivity contribution < 1.29 is 17.2 Å². The Hall–Kier alpha value is -1.79. The average molecular weight is 425 g/mol. The molecular weight excluding hydrogens is 410 g/mol. The number of hydrogen-bond donors (Lipinski definition) is 0. The summed E-state index contributed by atoms with van der Waals surface area (Å²) in [6.07, 6.45) is 5.29. The van der Waals surface area contributed by atoms with Gasteiger partial charge in [0.25, 0.3) is 0 Å². The molecule has 0 spiro atoms. The van der Waals surface area contributed by atoms with Crippen molar-refractivity contribution in [1.29, 1.82) is 0 Å². The molecule has 130 valence electrons. The van der Waals surface area contributed by atoms with Gasteiger partial charge in [0.2, 0.25) is 0 Å². The lowest BCUT2D eigenvalue weighted by molar-refractivity contribution is 0.521. The van der Waals surface area contributed by atoms with E-state index in [2.05, 4.69) is 15.9 Å². The van der Waals surface area contributed by atoms with Crippen LogP contribution in [0.4, 0.5) is 8.78 Å². The average Bonchev–Trinajstić information content (AvgIpc) is 2.97. The molecule has 2 aromatic rings. The largest absolute Gasteiger partial charge is 0.224 e. The Morgan fingerprint density at radius 2 is 1.52 bits per heavy atom. The van der Waals surface area contributed by atoms with Crippen LogP contribution in [-0.2, 0) is 9.84 Å². The number of allylic oxidation sites excluding steroid dienone is 4. The smallest absolute Gasteiger partial charge is 0.181 e. The van der Waals surface area contributed by atoms with Crippen molar-refractivity contribution >= 4 is 36.9 Å². The second-order valence-electron chi connectivity index (χ2n) is 5.98. The van der Waals surface area contributed by atoms with Crippen LogP contribution in [0, 0.1) is 18.6 Å². The van der Waals surface area contributed by atoms with Crippen LogP contribution in [0.25, 0.3) is 11.1 Å². The maximum Gasteiger partial charge on any atom is 0.181 e. The SMILES string of the molecule is Cc1ccc(C2=CCC=C2c2cc(F)c(S(C)(=O)=O)c(F)c2)cc1Br. The third-order valence-corrected chi connectivity index (χ3v) is 6.08. The minimum atomic E-state index is -3.97. The van der Waals surface area contributed by atoms with Gasteiger partial charge in [0.15, 0.2) is 9.84 Å². The topological polar surface area (TPSA) is 34.1 Å². The summed E-state index contributed by atoms with van der Waals surface area (Å²) in [6, 6.07) is 8.02. The number of hydrogen-bond acceptors (Lipinski definition) is 2. The van der Waals surface area contributed by atoms with Crippen molar-refractivity contribution in [2.75, 3.05) is 6.26 Å². The van der Waals surface area contributed by atoms with Crippen LogP contribution in [0.3, 0.4) is 0 Å². The number of rotatable bonds is 3. The number of halogens is 3. The fourth-order valence-corrected chi connectivity index (χ4v) is 4.10. The quantitative estimate of drug-likeness (QED) is 0.668. The van der Waals surface area contributed by atoms with Gasteiger partial charge in [-0.3, -0.25) is 0 Å². The van der Waals surface area contributed by atoms with Crippen molar-refractivity contribution in [3.63, 3.8) is 0 Å². The first kappa shape index (κ1) is 18.0. The molecule has 0 saturated heterocycles. The van der Waals surface area contributed by atoms with Crippen LogP contribution in [0.15, 0.2) is 51.9 Å². The van der Waals surface area contributed by atoms with E-state index in [-0.39, 0.29) is 0 Å². The van der Waals surface area contributed by atoms with Gasteiger partial charge in [0, 0.05) is 10.7 Å². The molecular formula is C19H15BrF2O2S. The fraction of sp³-hybridized carbons (Fsp3) is 0.158. The first-order chi connectivity index (χ1) is 11.7. The Morgan fingerprint density at radius 3 is 2.04 bits per heavy atom. The molecule has 0 aliphatic heterocycles. The molecule has 6 heteroatoms. The minimum Gasteiger partial charge on any atom is -0.224 e. The van der Waals surface area contributed by atoms with Gasteiger partial charge in [-0.15, -0.1) is 0 Å². The zero-order valence-electron chi connectivity index (χ0n) is 13.6. The Bertz CT molecular complexity index is 1010. The van der Waals surface area contributed by atoms with E-state index in [0.717, 1.165) is 39.6 Å². The lowest BCUT2D eigenvalue weighted by atomic mass is 9.94. The third kappa shape index (κ3) is 3.46. The summed E-state index contributed by atoms with van der Waals surface area (Å²) in [4.78, 5) is -0.890. The first-order valence-corrected chi connectivity index (χ1v) is 10.2. The normalized spacial score (nSPS) is 14.4. The molecule has 0 amide bonds. The first-order valence-electron chi connectivity index (χ1n) is 7.55. The predicted molar refractivity (Wildman–Crippen MR) is 98.9 cm³/mol. The molecule has 0 N–H and O–H groups in total. The molecule has 1 aliphatic rings. The van der Waals surface area contributed by atoms with Gasteiger partial charge < -0.3 is 0 Å². The second-order valence-corrected chi connectivity index (χ2v) is 8.78. The van der Waals surface area contributed by atoms with Crippen LogP contribution in [0.5, 0.6) is 0 Å². The maximum absolute atomic E-state index is 14.2. The van der Waals surface area contributed by atoms with Gasteiger partial charge in [0.05, 0.1) is 0 Å². The van der Waals surface area contributed by atoms with E-state index in [4.69, 9.17) is 0 Å². The summed E-state index contributed by atoms with van der Waals surface area (Å²) in [7, 11) is -3.97. The molecule has 0 radical (unpaired) electrons. The van der Waals surface area contributed by atoms with E-state index in [1.807, 2.05) is 37.3 Å². The molecule has 0 unspecified atom stereocenters. The molecule has 25 heavy (non-hydrogen) atoms. The Balaban J connectivity index is 2.08. The van der Waals surface area contributed by atoms with Gasteiger partial charge in [-0.1, -0.05) is 40.2 Å². The van der Waals surface area contributed by atoms with Gasteiger partial charge >= 0.3 is 0 Å². The fourth-order valence-electron chi connectivity index (χ4n) is 2.89. The zero-order chi connectivity index (χ0) is 18.4. The van der Waals surface area contributed by atoms with E-state index in [9.17, 15) is 17.2 Å². The zero-order valence-corrected chi connectivity index (χ0v) is 16.0. The predicted octanol–water partition coefficient (Wildman–Crippen LogP) is 5.31. The van der Waals surface area contributed by atoms with Crippen molar-refractivity contribution in [1.82, 2.24) is 0 Å². The highest BCUT2D eigenvalue weighted by Gasteiger charge is 2.23. The van der Waals surface area contributed by atoms with Gasteiger partial charge in [0.1, 0.15) is 16.5 Å².